The second-order valence-corrected chi connectivity index (χ2v) is 6.17. The SMILES string of the molecule is CCNC(=NCCC(C)C)N1CCN(Cc2ccon2)CC1.I. The van der Waals surface area contributed by atoms with Gasteiger partial charge in [0, 0.05) is 51.9 Å². The first kappa shape index (κ1) is 20.2. The van der Waals surface area contributed by atoms with Gasteiger partial charge in [-0.2, -0.15) is 0 Å². The first-order chi connectivity index (χ1) is 10.7. The monoisotopic (exact) mass is 435 g/mol. The van der Waals surface area contributed by atoms with Crippen molar-refractivity contribution < 1.29 is 4.52 Å². The topological polar surface area (TPSA) is 56.9 Å². The number of rotatable bonds is 6. The van der Waals surface area contributed by atoms with Crippen LogP contribution in [-0.4, -0.2) is 60.2 Å². The molecular formula is C16H30IN5O. The minimum atomic E-state index is 0. The van der Waals surface area contributed by atoms with Crippen LogP contribution in [0.3, 0.4) is 0 Å². The molecule has 1 saturated heterocycles. The molecule has 1 N–H and O–H groups in total. The Labute approximate surface area is 156 Å². The van der Waals surface area contributed by atoms with Gasteiger partial charge in [-0.15, -0.1) is 24.0 Å². The summed E-state index contributed by atoms with van der Waals surface area (Å²) < 4.78 is 4.89. The van der Waals surface area contributed by atoms with Crippen LogP contribution >= 0.6 is 24.0 Å². The van der Waals surface area contributed by atoms with Crippen LogP contribution in [-0.2, 0) is 6.54 Å². The van der Waals surface area contributed by atoms with E-state index in [0.717, 1.165) is 63.9 Å². The number of hydrogen-bond acceptors (Lipinski definition) is 4. The smallest absolute Gasteiger partial charge is 0.194 e. The summed E-state index contributed by atoms with van der Waals surface area (Å²) in [6.07, 6.45) is 2.78. The van der Waals surface area contributed by atoms with Crippen molar-refractivity contribution >= 4 is 29.9 Å². The average molecular weight is 435 g/mol. The summed E-state index contributed by atoms with van der Waals surface area (Å²) >= 11 is 0. The maximum atomic E-state index is 4.89. The Kier molecular flexibility index (Phi) is 9.54. The maximum Gasteiger partial charge on any atom is 0.194 e. The van der Waals surface area contributed by atoms with E-state index in [1.165, 1.54) is 0 Å². The van der Waals surface area contributed by atoms with Crippen molar-refractivity contribution in [2.24, 2.45) is 10.9 Å². The molecule has 0 bridgehead atoms. The molecule has 0 amide bonds. The van der Waals surface area contributed by atoms with Gasteiger partial charge in [0.15, 0.2) is 5.96 Å². The van der Waals surface area contributed by atoms with Gasteiger partial charge in [-0.05, 0) is 19.3 Å². The van der Waals surface area contributed by atoms with E-state index in [-0.39, 0.29) is 24.0 Å². The summed E-state index contributed by atoms with van der Waals surface area (Å²) in [5, 5.41) is 7.40. The van der Waals surface area contributed by atoms with Crippen LogP contribution in [0.5, 0.6) is 0 Å². The highest BCUT2D eigenvalue weighted by Gasteiger charge is 2.20. The van der Waals surface area contributed by atoms with Gasteiger partial charge in [0.2, 0.25) is 0 Å². The fourth-order valence-corrected chi connectivity index (χ4v) is 2.52. The van der Waals surface area contributed by atoms with Gasteiger partial charge in [-0.1, -0.05) is 19.0 Å². The number of halogens is 1. The molecule has 0 atom stereocenters. The molecule has 0 aromatic carbocycles. The van der Waals surface area contributed by atoms with Crippen LogP contribution in [0, 0.1) is 5.92 Å². The molecule has 2 rings (SSSR count). The lowest BCUT2D eigenvalue weighted by Gasteiger charge is -2.36. The molecule has 1 aliphatic heterocycles. The van der Waals surface area contributed by atoms with Crippen molar-refractivity contribution in [3.63, 3.8) is 0 Å². The van der Waals surface area contributed by atoms with Crippen LogP contribution in [0.25, 0.3) is 0 Å². The van der Waals surface area contributed by atoms with E-state index in [0.29, 0.717) is 5.92 Å². The highest BCUT2D eigenvalue weighted by atomic mass is 127. The summed E-state index contributed by atoms with van der Waals surface area (Å²) in [5.41, 5.74) is 1.01. The highest BCUT2D eigenvalue weighted by Crippen LogP contribution is 2.08. The molecule has 7 heteroatoms. The molecule has 1 aromatic heterocycles. The molecule has 1 aromatic rings. The quantitative estimate of drug-likeness (QED) is 0.423. The molecule has 2 heterocycles. The number of hydrogen-bond donors (Lipinski definition) is 1. The van der Waals surface area contributed by atoms with E-state index in [9.17, 15) is 0 Å². The van der Waals surface area contributed by atoms with Crippen molar-refractivity contribution in [2.45, 2.75) is 33.7 Å². The molecule has 23 heavy (non-hydrogen) atoms. The Balaban J connectivity index is 0.00000264. The predicted molar refractivity (Wildman–Crippen MR) is 104 cm³/mol. The molecule has 0 aliphatic carbocycles. The summed E-state index contributed by atoms with van der Waals surface area (Å²) in [4.78, 5) is 9.54. The summed E-state index contributed by atoms with van der Waals surface area (Å²) in [7, 11) is 0. The molecule has 0 spiro atoms. The van der Waals surface area contributed by atoms with Crippen LogP contribution in [0.15, 0.2) is 21.8 Å². The van der Waals surface area contributed by atoms with E-state index < -0.39 is 0 Å². The van der Waals surface area contributed by atoms with Gasteiger partial charge >= 0.3 is 0 Å². The van der Waals surface area contributed by atoms with Gasteiger partial charge in [0.1, 0.15) is 6.26 Å². The number of nitrogens with one attached hydrogen (secondary N) is 1. The molecule has 0 radical (unpaired) electrons. The zero-order valence-corrected chi connectivity index (χ0v) is 16.8. The summed E-state index contributed by atoms with van der Waals surface area (Å²) in [5.74, 6) is 1.76. The van der Waals surface area contributed by atoms with Crippen molar-refractivity contribution in [1.82, 2.24) is 20.3 Å². The van der Waals surface area contributed by atoms with Gasteiger partial charge in [0.25, 0.3) is 0 Å². The Morgan fingerprint density at radius 3 is 2.65 bits per heavy atom. The zero-order chi connectivity index (χ0) is 15.8. The Morgan fingerprint density at radius 2 is 2.09 bits per heavy atom. The largest absolute Gasteiger partial charge is 0.364 e. The number of guanidine groups is 1. The number of aliphatic imine (C=N–C) groups is 1. The molecule has 0 unspecified atom stereocenters. The van der Waals surface area contributed by atoms with Crippen molar-refractivity contribution in [3.05, 3.63) is 18.0 Å². The number of aromatic nitrogens is 1. The van der Waals surface area contributed by atoms with E-state index in [2.05, 4.69) is 41.0 Å². The third-order valence-electron chi connectivity index (χ3n) is 3.85. The molecule has 132 valence electrons. The minimum Gasteiger partial charge on any atom is -0.364 e. The standard InChI is InChI=1S/C16H29N5O.HI/c1-4-17-16(18-7-5-14(2)3)21-10-8-20(9-11-21)13-15-6-12-22-19-15;/h6,12,14H,4-5,7-11,13H2,1-3H3,(H,17,18);1H. The second-order valence-electron chi connectivity index (χ2n) is 6.17. The Hall–Kier alpha value is -0.830. The molecule has 6 nitrogen and oxygen atoms in total. The highest BCUT2D eigenvalue weighted by molar-refractivity contribution is 14.0. The maximum absolute atomic E-state index is 4.89. The predicted octanol–water partition coefficient (Wildman–Crippen LogP) is 2.42. The van der Waals surface area contributed by atoms with Crippen LogP contribution in [0.4, 0.5) is 0 Å². The first-order valence-corrected chi connectivity index (χ1v) is 8.34. The lowest BCUT2D eigenvalue weighted by molar-refractivity contribution is 0.169. The fraction of sp³-hybridized carbons (Fsp3) is 0.750. The van der Waals surface area contributed by atoms with Gasteiger partial charge < -0.3 is 14.7 Å². The fourth-order valence-electron chi connectivity index (χ4n) is 2.52. The average Bonchev–Trinajstić information content (AvgIpc) is 3.00. The van der Waals surface area contributed by atoms with E-state index in [4.69, 9.17) is 9.52 Å². The lowest BCUT2D eigenvalue weighted by atomic mass is 10.1. The number of piperazine rings is 1. The van der Waals surface area contributed by atoms with E-state index >= 15 is 0 Å². The second kappa shape index (κ2) is 10.9. The van der Waals surface area contributed by atoms with Gasteiger partial charge in [-0.3, -0.25) is 9.89 Å². The lowest BCUT2D eigenvalue weighted by Crippen LogP contribution is -2.52. The van der Waals surface area contributed by atoms with Crippen molar-refractivity contribution in [2.75, 3.05) is 39.3 Å². The van der Waals surface area contributed by atoms with Gasteiger partial charge in [0.05, 0.1) is 5.69 Å². The van der Waals surface area contributed by atoms with Crippen LogP contribution in [0.2, 0.25) is 0 Å². The Bertz CT molecular complexity index is 441. The normalized spacial score (nSPS) is 16.5. The molecule has 0 saturated carbocycles. The minimum absolute atomic E-state index is 0. The van der Waals surface area contributed by atoms with Crippen molar-refractivity contribution in [3.8, 4) is 0 Å². The van der Waals surface area contributed by atoms with Gasteiger partial charge in [-0.25, -0.2) is 0 Å². The van der Waals surface area contributed by atoms with Crippen LogP contribution in [0.1, 0.15) is 32.9 Å². The summed E-state index contributed by atoms with van der Waals surface area (Å²) in [6.45, 7) is 13.4. The Morgan fingerprint density at radius 1 is 1.35 bits per heavy atom. The van der Waals surface area contributed by atoms with Crippen molar-refractivity contribution in [1.29, 1.82) is 0 Å². The van der Waals surface area contributed by atoms with Crippen LogP contribution < -0.4 is 5.32 Å². The first-order valence-electron chi connectivity index (χ1n) is 8.34. The third kappa shape index (κ3) is 7.07. The zero-order valence-electron chi connectivity index (χ0n) is 14.5. The number of nitrogens with zero attached hydrogens (tertiary/aromatic N) is 4. The molecule has 1 fully saturated rings. The third-order valence-corrected chi connectivity index (χ3v) is 3.85. The van der Waals surface area contributed by atoms with E-state index in [1.54, 1.807) is 6.26 Å². The molecule has 1 aliphatic rings. The molecular weight excluding hydrogens is 405 g/mol. The summed E-state index contributed by atoms with van der Waals surface area (Å²) in [6, 6.07) is 1.93. The van der Waals surface area contributed by atoms with E-state index in [1.807, 2.05) is 6.07 Å².